The summed E-state index contributed by atoms with van der Waals surface area (Å²) in [6.45, 7) is 5.17. The predicted molar refractivity (Wildman–Crippen MR) is 116 cm³/mol. The first kappa shape index (κ1) is 25.3. The number of aromatic nitrogens is 4. The molecule has 35 heavy (non-hydrogen) atoms. The maximum absolute atomic E-state index is 13.1. The van der Waals surface area contributed by atoms with E-state index in [0.29, 0.717) is 5.52 Å². The molecule has 2 aliphatic heterocycles. The topological polar surface area (TPSA) is 185 Å². The van der Waals surface area contributed by atoms with Crippen molar-refractivity contribution in [2.24, 2.45) is 0 Å². The van der Waals surface area contributed by atoms with Crippen LogP contribution >= 0.6 is 7.82 Å². The van der Waals surface area contributed by atoms with Crippen molar-refractivity contribution in [2.45, 2.75) is 57.8 Å². The molecule has 2 N–H and O–H groups in total. The van der Waals surface area contributed by atoms with Crippen LogP contribution in [0, 0.1) is 0 Å². The highest BCUT2D eigenvalue weighted by atomic mass is 31.2. The summed E-state index contributed by atoms with van der Waals surface area (Å²) in [6, 6.07) is 0. The van der Waals surface area contributed by atoms with Crippen molar-refractivity contribution in [3.8, 4) is 5.88 Å². The monoisotopic (exact) mass is 515 g/mol. The first-order valence-electron chi connectivity index (χ1n) is 10.6. The van der Waals surface area contributed by atoms with E-state index in [9.17, 15) is 14.2 Å². The van der Waals surface area contributed by atoms with Crippen molar-refractivity contribution in [3.63, 3.8) is 0 Å². The van der Waals surface area contributed by atoms with Gasteiger partial charge in [-0.15, -0.1) is 0 Å². The highest BCUT2D eigenvalue weighted by Gasteiger charge is 2.63. The number of imidazole rings is 1. The molecular formula is C19H26N5O10P. The molecule has 0 amide bonds. The Morgan fingerprint density at radius 3 is 2.77 bits per heavy atom. The van der Waals surface area contributed by atoms with Gasteiger partial charge in [-0.05, 0) is 20.8 Å². The van der Waals surface area contributed by atoms with Crippen molar-refractivity contribution in [3.05, 3.63) is 6.33 Å². The van der Waals surface area contributed by atoms with Gasteiger partial charge in [0.15, 0.2) is 29.6 Å². The van der Waals surface area contributed by atoms with E-state index in [1.807, 2.05) is 0 Å². The van der Waals surface area contributed by atoms with Gasteiger partial charge >= 0.3 is 19.8 Å². The number of hydrogen-bond donors (Lipinski definition) is 1. The molecule has 0 spiro atoms. The zero-order valence-electron chi connectivity index (χ0n) is 19.7. The summed E-state index contributed by atoms with van der Waals surface area (Å²) in [6.07, 6.45) is -1.97. The number of carbonyl (C=O) groups is 2. The molecule has 0 bridgehead atoms. The van der Waals surface area contributed by atoms with E-state index in [0.717, 1.165) is 0 Å². The predicted octanol–water partition coefficient (Wildman–Crippen LogP) is 1.13. The van der Waals surface area contributed by atoms with Gasteiger partial charge in [0.05, 0.1) is 26.1 Å². The SMILES string of the molecule is COc1nc(N)nc2c1ncn2C1OC2COP(=O)(OCC(=O)OC(C)C)OC2C1(C)OC(C)=O. The summed E-state index contributed by atoms with van der Waals surface area (Å²) in [5.41, 5.74) is 4.80. The molecule has 192 valence electrons. The lowest BCUT2D eigenvalue weighted by Gasteiger charge is -2.37. The highest BCUT2D eigenvalue weighted by molar-refractivity contribution is 7.48. The standard InChI is InChI=1S/C19H26N5O10P/c1-9(2)31-12(26)7-30-35(27)29-6-11-14(34-35)19(4,33-10(3)25)17(32-11)24-8-21-13-15(24)22-18(20)23-16(13)28-5/h8-9,11,14,17H,6-7H2,1-5H3,(H2,20,22,23). The lowest BCUT2D eigenvalue weighted by Crippen LogP contribution is -2.50. The van der Waals surface area contributed by atoms with E-state index in [1.165, 1.54) is 24.9 Å². The molecule has 2 aliphatic rings. The number of phosphoric ester groups is 1. The second-order valence-corrected chi connectivity index (χ2v) is 9.92. The van der Waals surface area contributed by atoms with Crippen LogP contribution < -0.4 is 10.5 Å². The first-order valence-corrected chi connectivity index (χ1v) is 12.1. The van der Waals surface area contributed by atoms with Crippen molar-refractivity contribution >= 4 is 36.9 Å². The summed E-state index contributed by atoms with van der Waals surface area (Å²) in [5.74, 6) is -1.33. The lowest BCUT2D eigenvalue weighted by molar-refractivity contribution is -0.175. The molecule has 0 saturated carbocycles. The van der Waals surface area contributed by atoms with E-state index in [2.05, 4.69) is 15.0 Å². The Hall–Kier alpha value is -2.84. The minimum absolute atomic E-state index is 0.0773. The fraction of sp³-hybridized carbons (Fsp3) is 0.632. The summed E-state index contributed by atoms with van der Waals surface area (Å²) in [7, 11) is -2.83. The van der Waals surface area contributed by atoms with Crippen LogP contribution in [-0.2, 0) is 41.9 Å². The van der Waals surface area contributed by atoms with Gasteiger partial charge in [-0.2, -0.15) is 9.97 Å². The minimum Gasteiger partial charge on any atom is -0.479 e. The van der Waals surface area contributed by atoms with Gasteiger partial charge in [0.2, 0.25) is 11.8 Å². The van der Waals surface area contributed by atoms with E-state index < -0.39 is 50.4 Å². The number of hydrogen-bond acceptors (Lipinski definition) is 14. The van der Waals surface area contributed by atoms with Gasteiger partial charge in [-0.1, -0.05) is 0 Å². The molecular weight excluding hydrogens is 489 g/mol. The molecule has 0 radical (unpaired) electrons. The summed E-state index contributed by atoms with van der Waals surface area (Å²) < 4.78 is 52.7. The maximum Gasteiger partial charge on any atom is 0.475 e. The van der Waals surface area contributed by atoms with Crippen LogP contribution in [0.1, 0.15) is 33.9 Å². The number of ether oxygens (including phenoxy) is 4. The van der Waals surface area contributed by atoms with Crippen molar-refractivity contribution < 1.29 is 46.7 Å². The Morgan fingerprint density at radius 1 is 1.37 bits per heavy atom. The molecule has 4 heterocycles. The first-order chi connectivity index (χ1) is 16.5. The van der Waals surface area contributed by atoms with Gasteiger partial charge in [-0.25, -0.2) is 14.3 Å². The fourth-order valence-corrected chi connectivity index (χ4v) is 5.40. The number of rotatable bonds is 7. The Morgan fingerprint density at radius 2 is 2.11 bits per heavy atom. The number of fused-ring (bicyclic) bond motifs is 2. The number of anilines is 1. The number of nitrogens with two attached hydrogens (primary N) is 1. The molecule has 5 atom stereocenters. The molecule has 4 rings (SSSR count). The van der Waals surface area contributed by atoms with E-state index in [4.69, 9.17) is 38.3 Å². The van der Waals surface area contributed by atoms with Crippen LogP contribution in [0.4, 0.5) is 5.95 Å². The third-order valence-electron chi connectivity index (χ3n) is 5.26. The van der Waals surface area contributed by atoms with Crippen LogP contribution in [0.5, 0.6) is 5.88 Å². The normalized spacial score (nSPS) is 30.3. The van der Waals surface area contributed by atoms with Crippen LogP contribution in [0.2, 0.25) is 0 Å². The molecule has 0 aromatic carbocycles. The number of carbonyl (C=O) groups excluding carboxylic acids is 2. The molecule has 2 aromatic rings. The van der Waals surface area contributed by atoms with E-state index >= 15 is 0 Å². The number of phosphoric acid groups is 1. The van der Waals surface area contributed by atoms with Crippen molar-refractivity contribution in [2.75, 3.05) is 26.1 Å². The van der Waals surface area contributed by atoms with Gasteiger partial charge < -0.3 is 24.7 Å². The zero-order chi connectivity index (χ0) is 25.5. The number of nitrogens with zero attached hydrogens (tertiary/aromatic N) is 4. The number of esters is 2. The lowest BCUT2D eigenvalue weighted by atomic mass is 9.96. The second-order valence-electron chi connectivity index (χ2n) is 8.30. The Kier molecular flexibility index (Phi) is 6.72. The quantitative estimate of drug-likeness (QED) is 0.408. The van der Waals surface area contributed by atoms with E-state index in [1.54, 1.807) is 20.8 Å². The smallest absolute Gasteiger partial charge is 0.475 e. The van der Waals surface area contributed by atoms with Crippen LogP contribution in [0.3, 0.4) is 0 Å². The second kappa shape index (κ2) is 9.32. The van der Waals surface area contributed by atoms with Gasteiger partial charge in [0.1, 0.15) is 12.2 Å². The fourth-order valence-electron chi connectivity index (χ4n) is 3.99. The van der Waals surface area contributed by atoms with Crippen molar-refractivity contribution in [1.29, 1.82) is 0 Å². The number of methoxy groups -OCH3 is 1. The molecule has 2 saturated heterocycles. The van der Waals surface area contributed by atoms with Gasteiger partial charge in [-0.3, -0.25) is 22.9 Å². The maximum atomic E-state index is 13.1. The molecule has 5 unspecified atom stereocenters. The van der Waals surface area contributed by atoms with Gasteiger partial charge in [0, 0.05) is 6.92 Å². The average molecular weight is 515 g/mol. The third-order valence-corrected chi connectivity index (χ3v) is 6.66. The Balaban J connectivity index is 1.66. The Bertz CT molecular complexity index is 1190. The highest BCUT2D eigenvalue weighted by Crippen LogP contribution is 2.59. The summed E-state index contributed by atoms with van der Waals surface area (Å²) in [5, 5.41) is 0. The zero-order valence-corrected chi connectivity index (χ0v) is 20.6. The number of nitrogen functional groups attached to an aromatic ring is 1. The van der Waals surface area contributed by atoms with Gasteiger partial charge in [0.25, 0.3) is 0 Å². The van der Waals surface area contributed by atoms with Crippen LogP contribution in [0.25, 0.3) is 11.2 Å². The van der Waals surface area contributed by atoms with Crippen LogP contribution in [-0.4, -0.2) is 75.7 Å². The summed E-state index contributed by atoms with van der Waals surface area (Å²) >= 11 is 0. The van der Waals surface area contributed by atoms with Crippen LogP contribution in [0.15, 0.2) is 6.33 Å². The molecule has 0 aliphatic carbocycles. The minimum atomic E-state index is -4.24. The van der Waals surface area contributed by atoms with Crippen molar-refractivity contribution in [1.82, 2.24) is 19.5 Å². The molecule has 15 nitrogen and oxygen atoms in total. The third kappa shape index (κ3) is 4.82. The molecule has 16 heteroatoms. The summed E-state index contributed by atoms with van der Waals surface area (Å²) in [4.78, 5) is 36.4. The molecule has 2 aromatic heterocycles. The molecule has 2 fully saturated rings. The largest absolute Gasteiger partial charge is 0.479 e. The van der Waals surface area contributed by atoms with E-state index in [-0.39, 0.29) is 30.2 Å². The Labute approximate surface area is 199 Å². The average Bonchev–Trinajstić information content (AvgIpc) is 3.29.